The first kappa shape index (κ1) is 11.8. The summed E-state index contributed by atoms with van der Waals surface area (Å²) < 4.78 is 30.8. The molecule has 5 heteroatoms. The van der Waals surface area contributed by atoms with Crippen LogP contribution in [0.4, 0.5) is 8.78 Å². The Kier molecular flexibility index (Phi) is 4.22. The van der Waals surface area contributed by atoms with E-state index in [0.717, 1.165) is 6.54 Å². The number of halogens is 2. The molecule has 3 nitrogen and oxygen atoms in total. The number of rotatable bonds is 1. The quantitative estimate of drug-likeness (QED) is 0.700. The molecule has 14 heavy (non-hydrogen) atoms. The third-order valence-corrected chi connectivity index (χ3v) is 2.56. The highest BCUT2D eigenvalue weighted by atomic mass is 19.3. The van der Waals surface area contributed by atoms with Crippen molar-refractivity contribution in [3.05, 3.63) is 0 Å². The van der Waals surface area contributed by atoms with E-state index in [9.17, 15) is 8.78 Å². The molecule has 0 saturated carbocycles. The summed E-state index contributed by atoms with van der Waals surface area (Å²) in [5.41, 5.74) is 4.50. The van der Waals surface area contributed by atoms with Crippen LogP contribution in [-0.2, 0) is 4.74 Å². The van der Waals surface area contributed by atoms with E-state index in [4.69, 9.17) is 4.74 Å². The maximum Gasteiger partial charge on any atom is 0.260 e. The summed E-state index contributed by atoms with van der Waals surface area (Å²) >= 11 is 0. The van der Waals surface area contributed by atoms with Gasteiger partial charge in [0.1, 0.15) is 0 Å². The Labute approximate surface area is 84.7 Å². The van der Waals surface area contributed by atoms with E-state index in [2.05, 4.69) is 5.73 Å². The molecule has 0 aromatic heterocycles. The molecule has 0 aromatic carbocycles. The fourth-order valence-corrected chi connectivity index (χ4v) is 1.74. The molecular weight excluding hydrogens is 190 g/mol. The zero-order chi connectivity index (χ0) is 10.6. The van der Waals surface area contributed by atoms with Gasteiger partial charge in [-0.15, -0.1) is 0 Å². The third kappa shape index (κ3) is 2.87. The van der Waals surface area contributed by atoms with Crippen molar-refractivity contribution >= 4 is 0 Å². The predicted octanol–water partition coefficient (Wildman–Crippen LogP) is 0.937. The summed E-state index contributed by atoms with van der Waals surface area (Å²) in [6.45, 7) is 2.01. The molecule has 0 amide bonds. The molecule has 2 aliphatic heterocycles. The lowest BCUT2D eigenvalue weighted by molar-refractivity contribution is -0.126. The highest BCUT2D eigenvalue weighted by Crippen LogP contribution is 2.28. The lowest BCUT2D eigenvalue weighted by atomic mass is 10.0. The van der Waals surface area contributed by atoms with Crippen LogP contribution < -0.4 is 5.73 Å². The lowest BCUT2D eigenvalue weighted by Crippen LogP contribution is -2.55. The molecule has 86 valence electrons. The second-order valence-corrected chi connectivity index (χ2v) is 3.62. The summed E-state index contributed by atoms with van der Waals surface area (Å²) in [7, 11) is 1.50. The van der Waals surface area contributed by atoms with Crippen LogP contribution in [0.25, 0.3) is 0 Å². The standard InChI is InChI=1S/C8H13F2NO.CH5N.H2/c9-8(10)2-1-3-11(6-8)7-4-12-5-7;1-2;/h7H,1-6H2;2H2,1H3;1H. The highest BCUT2D eigenvalue weighted by Gasteiger charge is 2.39. The molecule has 0 bridgehead atoms. The lowest BCUT2D eigenvalue weighted by Gasteiger charge is -2.41. The number of likely N-dealkylation sites (tertiary alicyclic amines) is 1. The largest absolute Gasteiger partial charge is 0.378 e. The maximum absolute atomic E-state index is 12.9. The molecule has 0 unspecified atom stereocenters. The summed E-state index contributed by atoms with van der Waals surface area (Å²) in [6, 6.07) is 0.260. The van der Waals surface area contributed by atoms with E-state index in [0.29, 0.717) is 19.6 Å². The number of piperidine rings is 1. The zero-order valence-electron chi connectivity index (χ0n) is 8.51. The number of alkyl halides is 2. The summed E-state index contributed by atoms with van der Waals surface area (Å²) in [6.07, 6.45) is 0.667. The van der Waals surface area contributed by atoms with Crippen molar-refractivity contribution in [2.45, 2.75) is 24.8 Å². The third-order valence-electron chi connectivity index (χ3n) is 2.56. The molecule has 0 spiro atoms. The van der Waals surface area contributed by atoms with Crippen molar-refractivity contribution in [1.29, 1.82) is 0 Å². The van der Waals surface area contributed by atoms with Crippen molar-refractivity contribution in [2.75, 3.05) is 33.4 Å². The van der Waals surface area contributed by atoms with Crippen LogP contribution in [0, 0.1) is 0 Å². The van der Waals surface area contributed by atoms with Crippen LogP contribution in [0.1, 0.15) is 14.3 Å². The maximum atomic E-state index is 12.9. The molecule has 0 aliphatic carbocycles. The van der Waals surface area contributed by atoms with Gasteiger partial charge in [-0.2, -0.15) is 0 Å². The van der Waals surface area contributed by atoms with Gasteiger partial charge < -0.3 is 10.5 Å². The Balaban J connectivity index is 0.000000617. The second-order valence-electron chi connectivity index (χ2n) is 3.62. The van der Waals surface area contributed by atoms with Gasteiger partial charge in [0.2, 0.25) is 0 Å². The number of nitrogens with zero attached hydrogens (tertiary/aromatic N) is 1. The first-order valence-corrected chi connectivity index (χ1v) is 4.95. The van der Waals surface area contributed by atoms with Crippen molar-refractivity contribution in [3.8, 4) is 0 Å². The van der Waals surface area contributed by atoms with Crippen LogP contribution in [0.3, 0.4) is 0 Å². The summed E-state index contributed by atoms with van der Waals surface area (Å²) in [5, 5.41) is 0. The van der Waals surface area contributed by atoms with E-state index in [1.165, 1.54) is 7.05 Å². The van der Waals surface area contributed by atoms with Gasteiger partial charge in [0.05, 0.1) is 25.8 Å². The fourth-order valence-electron chi connectivity index (χ4n) is 1.74. The Bertz CT molecular complexity index is 179. The topological polar surface area (TPSA) is 38.5 Å². The minimum atomic E-state index is -2.46. The average molecular weight is 210 g/mol. The first-order valence-electron chi connectivity index (χ1n) is 4.95. The highest BCUT2D eigenvalue weighted by molar-refractivity contribution is 4.85. The number of nitrogens with two attached hydrogens (primary N) is 1. The Hall–Kier alpha value is -0.260. The minimum Gasteiger partial charge on any atom is -0.378 e. The summed E-state index contributed by atoms with van der Waals surface area (Å²) in [4.78, 5) is 1.85. The zero-order valence-corrected chi connectivity index (χ0v) is 8.51. The molecule has 0 aromatic rings. The predicted molar refractivity (Wildman–Crippen MR) is 52.6 cm³/mol. The van der Waals surface area contributed by atoms with Crippen LogP contribution in [-0.4, -0.2) is 50.2 Å². The number of hydrogen-bond donors (Lipinski definition) is 1. The Morgan fingerprint density at radius 2 is 2.07 bits per heavy atom. The molecule has 0 radical (unpaired) electrons. The molecule has 0 atom stereocenters. The van der Waals surface area contributed by atoms with Crippen molar-refractivity contribution in [3.63, 3.8) is 0 Å². The normalized spacial score (nSPS) is 27.4. The summed E-state index contributed by atoms with van der Waals surface area (Å²) in [5.74, 6) is -2.46. The van der Waals surface area contributed by atoms with Crippen molar-refractivity contribution < 1.29 is 14.9 Å². The van der Waals surface area contributed by atoms with Crippen LogP contribution in [0.5, 0.6) is 0 Å². The fraction of sp³-hybridized carbons (Fsp3) is 1.00. The smallest absolute Gasteiger partial charge is 0.260 e. The van der Waals surface area contributed by atoms with Gasteiger partial charge >= 0.3 is 0 Å². The van der Waals surface area contributed by atoms with Gasteiger partial charge in [-0.3, -0.25) is 4.90 Å². The van der Waals surface area contributed by atoms with Gasteiger partial charge in [0, 0.05) is 7.85 Å². The van der Waals surface area contributed by atoms with Crippen LogP contribution >= 0.6 is 0 Å². The van der Waals surface area contributed by atoms with Gasteiger partial charge in [0.25, 0.3) is 5.92 Å². The van der Waals surface area contributed by atoms with E-state index < -0.39 is 5.92 Å². The molecule has 2 N–H and O–H groups in total. The minimum absolute atomic E-state index is 0. The molecule has 2 saturated heterocycles. The average Bonchev–Trinajstić information content (AvgIpc) is 2.03. The van der Waals surface area contributed by atoms with Gasteiger partial charge in [0.15, 0.2) is 0 Å². The molecule has 2 rings (SSSR count). The van der Waals surface area contributed by atoms with Crippen molar-refractivity contribution in [2.24, 2.45) is 5.73 Å². The Morgan fingerprint density at radius 3 is 2.50 bits per heavy atom. The van der Waals surface area contributed by atoms with E-state index in [1.807, 2.05) is 4.90 Å². The SMILES string of the molecule is CN.FC1(F)CCCN(C2COC2)C1.[HH]. The molecule has 2 fully saturated rings. The molecule has 2 aliphatic rings. The van der Waals surface area contributed by atoms with Gasteiger partial charge in [-0.05, 0) is 20.0 Å². The second kappa shape index (κ2) is 5.00. The number of ether oxygens (including phenoxy) is 1. The molecule has 2 heterocycles. The molecular formula is C9H20F2N2O. The van der Waals surface area contributed by atoms with E-state index >= 15 is 0 Å². The van der Waals surface area contributed by atoms with Crippen LogP contribution in [0.2, 0.25) is 0 Å². The van der Waals surface area contributed by atoms with E-state index in [-0.39, 0.29) is 20.4 Å². The van der Waals surface area contributed by atoms with E-state index in [1.54, 1.807) is 0 Å². The van der Waals surface area contributed by atoms with Gasteiger partial charge in [-0.25, -0.2) is 8.78 Å². The van der Waals surface area contributed by atoms with Crippen LogP contribution in [0.15, 0.2) is 0 Å². The first-order chi connectivity index (χ1) is 6.67. The number of hydrogen-bond acceptors (Lipinski definition) is 3. The monoisotopic (exact) mass is 210 g/mol. The Morgan fingerprint density at radius 1 is 1.43 bits per heavy atom. The van der Waals surface area contributed by atoms with Crippen molar-refractivity contribution in [1.82, 2.24) is 4.90 Å². The van der Waals surface area contributed by atoms with Gasteiger partial charge in [-0.1, -0.05) is 0 Å².